The van der Waals surface area contributed by atoms with Crippen LogP contribution in [0.25, 0.3) is 0 Å². The molecule has 0 unspecified atom stereocenters. The molecule has 0 aliphatic carbocycles. The van der Waals surface area contributed by atoms with E-state index in [2.05, 4.69) is 0 Å². The lowest BCUT2D eigenvalue weighted by Gasteiger charge is -2.31. The van der Waals surface area contributed by atoms with E-state index in [0.29, 0.717) is 6.42 Å². The molecular formula is C11H18ClNO. The fourth-order valence-corrected chi connectivity index (χ4v) is 1.52. The van der Waals surface area contributed by atoms with E-state index >= 15 is 0 Å². The zero-order chi connectivity index (χ0) is 9.90. The fraction of sp³-hybridized carbons (Fsp3) is 0.455. The molecule has 0 saturated carbocycles. The minimum Gasteiger partial charge on any atom is -0.384 e. The third-order valence-corrected chi connectivity index (χ3v) is 2.57. The van der Waals surface area contributed by atoms with E-state index in [9.17, 15) is 5.11 Å². The maximum atomic E-state index is 10.2. The molecule has 0 fully saturated rings. The van der Waals surface area contributed by atoms with Gasteiger partial charge in [-0.1, -0.05) is 37.3 Å². The summed E-state index contributed by atoms with van der Waals surface area (Å²) in [6.45, 7) is 3.77. The topological polar surface area (TPSA) is 46.2 Å². The lowest BCUT2D eigenvalue weighted by molar-refractivity contribution is 0.0111. The van der Waals surface area contributed by atoms with Gasteiger partial charge >= 0.3 is 0 Å². The molecule has 0 saturated heterocycles. The smallest absolute Gasteiger partial charge is 0.104 e. The summed E-state index contributed by atoms with van der Waals surface area (Å²) in [5, 5.41) is 10.2. The molecule has 1 aromatic carbocycles. The van der Waals surface area contributed by atoms with Crippen LogP contribution in [0.2, 0.25) is 0 Å². The second kappa shape index (κ2) is 5.35. The average Bonchev–Trinajstić information content (AvgIpc) is 2.17. The van der Waals surface area contributed by atoms with Gasteiger partial charge in [0.1, 0.15) is 5.60 Å². The first-order chi connectivity index (χ1) is 6.11. The quantitative estimate of drug-likeness (QED) is 0.811. The Kier molecular flexibility index (Phi) is 5.13. The maximum Gasteiger partial charge on any atom is 0.104 e. The number of benzene rings is 1. The molecule has 0 radical (unpaired) electrons. The van der Waals surface area contributed by atoms with Gasteiger partial charge in [-0.15, -0.1) is 12.4 Å². The van der Waals surface area contributed by atoms with Crippen molar-refractivity contribution in [3.05, 3.63) is 35.9 Å². The Hall–Kier alpha value is -0.570. The minimum absolute atomic E-state index is 0. The highest BCUT2D eigenvalue weighted by molar-refractivity contribution is 5.85. The van der Waals surface area contributed by atoms with Crippen LogP contribution in [-0.4, -0.2) is 11.1 Å². The zero-order valence-corrected chi connectivity index (χ0v) is 9.42. The highest BCUT2D eigenvalue weighted by atomic mass is 35.5. The molecule has 0 aliphatic heterocycles. The van der Waals surface area contributed by atoms with Gasteiger partial charge in [0, 0.05) is 6.04 Å². The average molecular weight is 216 g/mol. The maximum absolute atomic E-state index is 10.2. The standard InChI is InChI=1S/C11H17NO.ClH/c1-3-11(13,9(2)12)10-7-5-4-6-8-10;/h4-9,13H,3,12H2,1-2H3;1H/t9-,11-;/m1./s1. The van der Waals surface area contributed by atoms with Gasteiger partial charge in [0.25, 0.3) is 0 Å². The van der Waals surface area contributed by atoms with Crippen molar-refractivity contribution in [1.29, 1.82) is 0 Å². The molecular weight excluding hydrogens is 198 g/mol. The number of aliphatic hydroxyl groups is 1. The van der Waals surface area contributed by atoms with Gasteiger partial charge in [0.2, 0.25) is 0 Å². The first-order valence-electron chi connectivity index (χ1n) is 4.64. The van der Waals surface area contributed by atoms with E-state index < -0.39 is 5.60 Å². The highest BCUT2D eigenvalue weighted by Gasteiger charge is 2.30. The molecule has 80 valence electrons. The summed E-state index contributed by atoms with van der Waals surface area (Å²) in [5.41, 5.74) is 5.77. The van der Waals surface area contributed by atoms with E-state index in [1.165, 1.54) is 0 Å². The summed E-state index contributed by atoms with van der Waals surface area (Å²) >= 11 is 0. The summed E-state index contributed by atoms with van der Waals surface area (Å²) < 4.78 is 0. The van der Waals surface area contributed by atoms with Crippen molar-refractivity contribution in [2.75, 3.05) is 0 Å². The molecule has 0 aliphatic rings. The first-order valence-corrected chi connectivity index (χ1v) is 4.64. The van der Waals surface area contributed by atoms with Gasteiger partial charge in [-0.25, -0.2) is 0 Å². The molecule has 0 bridgehead atoms. The molecule has 2 atom stereocenters. The highest BCUT2D eigenvalue weighted by Crippen LogP contribution is 2.27. The predicted molar refractivity (Wildman–Crippen MR) is 61.5 cm³/mol. The van der Waals surface area contributed by atoms with Crippen LogP contribution in [0.15, 0.2) is 30.3 Å². The third kappa shape index (κ3) is 2.47. The van der Waals surface area contributed by atoms with Crippen LogP contribution in [0.1, 0.15) is 25.8 Å². The molecule has 3 heteroatoms. The Morgan fingerprint density at radius 2 is 1.86 bits per heavy atom. The summed E-state index contributed by atoms with van der Waals surface area (Å²) in [6, 6.07) is 9.33. The number of halogens is 1. The minimum atomic E-state index is -0.888. The molecule has 3 N–H and O–H groups in total. The van der Waals surface area contributed by atoms with Crippen molar-refractivity contribution < 1.29 is 5.11 Å². The Labute approximate surface area is 91.5 Å². The molecule has 1 rings (SSSR count). The van der Waals surface area contributed by atoms with E-state index in [-0.39, 0.29) is 18.4 Å². The summed E-state index contributed by atoms with van der Waals surface area (Å²) in [6.07, 6.45) is 0.634. The van der Waals surface area contributed by atoms with Crippen LogP contribution in [0, 0.1) is 0 Å². The Morgan fingerprint density at radius 3 is 2.21 bits per heavy atom. The normalized spacial score (nSPS) is 16.6. The number of hydrogen-bond donors (Lipinski definition) is 2. The molecule has 0 spiro atoms. The Balaban J connectivity index is 0.00000169. The number of hydrogen-bond acceptors (Lipinski definition) is 2. The van der Waals surface area contributed by atoms with Crippen molar-refractivity contribution in [2.24, 2.45) is 5.73 Å². The van der Waals surface area contributed by atoms with Crippen LogP contribution < -0.4 is 5.73 Å². The second-order valence-corrected chi connectivity index (χ2v) is 3.43. The van der Waals surface area contributed by atoms with E-state index in [4.69, 9.17) is 5.73 Å². The SMILES string of the molecule is CC[C@](O)(c1ccccc1)[C@@H](C)N.Cl. The van der Waals surface area contributed by atoms with Gasteiger partial charge in [-0.05, 0) is 18.9 Å². The molecule has 0 aromatic heterocycles. The fourth-order valence-electron chi connectivity index (χ4n) is 1.52. The lowest BCUT2D eigenvalue weighted by Crippen LogP contribution is -2.42. The van der Waals surface area contributed by atoms with Crippen LogP contribution in [0.3, 0.4) is 0 Å². The molecule has 14 heavy (non-hydrogen) atoms. The molecule has 2 nitrogen and oxygen atoms in total. The third-order valence-electron chi connectivity index (χ3n) is 2.57. The van der Waals surface area contributed by atoms with Crippen molar-refractivity contribution in [3.8, 4) is 0 Å². The van der Waals surface area contributed by atoms with Gasteiger partial charge in [0.15, 0.2) is 0 Å². The predicted octanol–water partition coefficient (Wildman–Crippen LogP) is 2.05. The summed E-state index contributed by atoms with van der Waals surface area (Å²) in [5.74, 6) is 0. The largest absolute Gasteiger partial charge is 0.384 e. The lowest BCUT2D eigenvalue weighted by atomic mass is 9.85. The Morgan fingerprint density at radius 1 is 1.36 bits per heavy atom. The van der Waals surface area contributed by atoms with Crippen LogP contribution in [0.5, 0.6) is 0 Å². The van der Waals surface area contributed by atoms with Crippen molar-refractivity contribution in [3.63, 3.8) is 0 Å². The van der Waals surface area contributed by atoms with Crippen molar-refractivity contribution in [2.45, 2.75) is 31.9 Å². The monoisotopic (exact) mass is 215 g/mol. The van der Waals surface area contributed by atoms with Gasteiger partial charge in [-0.3, -0.25) is 0 Å². The van der Waals surface area contributed by atoms with Gasteiger partial charge < -0.3 is 10.8 Å². The number of rotatable bonds is 3. The summed E-state index contributed by atoms with van der Waals surface area (Å²) in [7, 11) is 0. The molecule has 0 heterocycles. The Bertz CT molecular complexity index is 263. The second-order valence-electron chi connectivity index (χ2n) is 3.43. The van der Waals surface area contributed by atoms with Crippen molar-refractivity contribution in [1.82, 2.24) is 0 Å². The summed E-state index contributed by atoms with van der Waals surface area (Å²) in [4.78, 5) is 0. The molecule has 0 amide bonds. The first kappa shape index (κ1) is 13.4. The van der Waals surface area contributed by atoms with E-state index in [1.807, 2.05) is 44.2 Å². The van der Waals surface area contributed by atoms with Gasteiger partial charge in [0.05, 0.1) is 0 Å². The molecule has 1 aromatic rings. The van der Waals surface area contributed by atoms with E-state index in [1.54, 1.807) is 0 Å². The number of nitrogens with two attached hydrogens (primary N) is 1. The van der Waals surface area contributed by atoms with Crippen LogP contribution >= 0.6 is 12.4 Å². The zero-order valence-electron chi connectivity index (χ0n) is 8.60. The van der Waals surface area contributed by atoms with E-state index in [0.717, 1.165) is 5.56 Å². The van der Waals surface area contributed by atoms with Crippen molar-refractivity contribution >= 4 is 12.4 Å². The van der Waals surface area contributed by atoms with Crippen LogP contribution in [-0.2, 0) is 5.60 Å². The van der Waals surface area contributed by atoms with Gasteiger partial charge in [-0.2, -0.15) is 0 Å². The van der Waals surface area contributed by atoms with Crippen LogP contribution in [0.4, 0.5) is 0 Å².